The molecule has 0 radical (unpaired) electrons. The number of rotatable bonds is 5. The molecular weight excluding hydrogens is 238 g/mol. The highest BCUT2D eigenvalue weighted by Crippen LogP contribution is 2.25. The van der Waals surface area contributed by atoms with Crippen LogP contribution in [0.25, 0.3) is 0 Å². The molecule has 2 rings (SSSR count). The highest BCUT2D eigenvalue weighted by Gasteiger charge is 2.38. The highest BCUT2D eigenvalue weighted by atomic mass is 19.1. The van der Waals surface area contributed by atoms with Gasteiger partial charge in [-0.3, -0.25) is 0 Å². The van der Waals surface area contributed by atoms with E-state index in [2.05, 4.69) is 11.4 Å². The Hall–Kier alpha value is -1.51. The molecular formula is C13H14F2N2O. The van der Waals surface area contributed by atoms with Crippen molar-refractivity contribution in [1.29, 1.82) is 5.26 Å². The molecule has 0 unspecified atom stereocenters. The summed E-state index contributed by atoms with van der Waals surface area (Å²) < 4.78 is 31.0. The van der Waals surface area contributed by atoms with E-state index in [0.717, 1.165) is 6.07 Å². The third kappa shape index (κ3) is 2.84. The van der Waals surface area contributed by atoms with Crippen LogP contribution in [-0.4, -0.2) is 26.3 Å². The van der Waals surface area contributed by atoms with Crippen molar-refractivity contribution in [1.82, 2.24) is 5.32 Å². The van der Waals surface area contributed by atoms with Crippen LogP contribution in [0.4, 0.5) is 8.78 Å². The molecule has 0 aliphatic carbocycles. The molecule has 0 spiro atoms. The molecule has 1 heterocycles. The second kappa shape index (κ2) is 5.42. The van der Waals surface area contributed by atoms with E-state index in [0.29, 0.717) is 38.3 Å². The molecule has 1 aliphatic heterocycles. The fraction of sp³-hybridized carbons (Fsp3) is 0.462. The van der Waals surface area contributed by atoms with Crippen LogP contribution in [0.3, 0.4) is 0 Å². The quantitative estimate of drug-likeness (QED) is 0.810. The summed E-state index contributed by atoms with van der Waals surface area (Å²) in [7, 11) is 0. The number of nitrogens with zero attached hydrogens (tertiary/aromatic N) is 1. The van der Waals surface area contributed by atoms with Gasteiger partial charge in [0.15, 0.2) is 0 Å². The zero-order valence-corrected chi connectivity index (χ0v) is 9.88. The second-order valence-electron chi connectivity index (χ2n) is 4.55. The molecule has 1 fully saturated rings. The van der Waals surface area contributed by atoms with Crippen LogP contribution in [0, 0.1) is 28.4 Å². The normalized spacial score (nSPS) is 16.9. The topological polar surface area (TPSA) is 45.0 Å². The molecule has 0 amide bonds. The Labute approximate surface area is 104 Å². The molecule has 1 aliphatic rings. The molecule has 96 valence electrons. The van der Waals surface area contributed by atoms with Gasteiger partial charge in [0, 0.05) is 12.6 Å². The Morgan fingerprint density at radius 2 is 2.17 bits per heavy atom. The fourth-order valence-electron chi connectivity index (χ4n) is 1.83. The smallest absolute Gasteiger partial charge is 0.129 e. The van der Waals surface area contributed by atoms with Gasteiger partial charge in [-0.25, -0.2) is 8.78 Å². The van der Waals surface area contributed by atoms with Gasteiger partial charge in [0.25, 0.3) is 0 Å². The first kappa shape index (κ1) is 12.9. The van der Waals surface area contributed by atoms with E-state index in [1.807, 2.05) is 0 Å². The molecule has 1 aromatic rings. The number of ether oxygens (including phenoxy) is 1. The maximum atomic E-state index is 13.3. The van der Waals surface area contributed by atoms with Gasteiger partial charge < -0.3 is 10.1 Å². The van der Waals surface area contributed by atoms with Crippen molar-refractivity contribution in [3.8, 4) is 6.07 Å². The first-order valence-corrected chi connectivity index (χ1v) is 5.79. The molecule has 3 nitrogen and oxygen atoms in total. The minimum absolute atomic E-state index is 0.429. The molecule has 1 N–H and O–H groups in total. The van der Waals surface area contributed by atoms with Crippen molar-refractivity contribution in [2.45, 2.75) is 6.42 Å². The van der Waals surface area contributed by atoms with E-state index < -0.39 is 17.0 Å². The van der Waals surface area contributed by atoms with Gasteiger partial charge in [-0.15, -0.1) is 0 Å². The van der Waals surface area contributed by atoms with Gasteiger partial charge in [-0.05, 0) is 24.6 Å². The van der Waals surface area contributed by atoms with Crippen LogP contribution < -0.4 is 5.32 Å². The predicted molar refractivity (Wildman–Crippen MR) is 61.8 cm³/mol. The third-order valence-corrected chi connectivity index (χ3v) is 3.04. The van der Waals surface area contributed by atoms with E-state index in [4.69, 9.17) is 10.00 Å². The van der Waals surface area contributed by atoms with E-state index in [9.17, 15) is 8.78 Å². The van der Waals surface area contributed by atoms with E-state index in [1.54, 1.807) is 0 Å². The van der Waals surface area contributed by atoms with E-state index in [1.165, 1.54) is 12.1 Å². The summed E-state index contributed by atoms with van der Waals surface area (Å²) in [5, 5.41) is 12.1. The SMILES string of the molecule is N#CC1(CNCCc2ccc(F)cc2F)COC1. The van der Waals surface area contributed by atoms with Crippen LogP contribution in [0.1, 0.15) is 5.56 Å². The van der Waals surface area contributed by atoms with Gasteiger partial charge in [0.1, 0.15) is 17.0 Å². The van der Waals surface area contributed by atoms with E-state index >= 15 is 0 Å². The zero-order valence-electron chi connectivity index (χ0n) is 9.88. The second-order valence-corrected chi connectivity index (χ2v) is 4.55. The lowest BCUT2D eigenvalue weighted by Gasteiger charge is -2.35. The van der Waals surface area contributed by atoms with Crippen molar-refractivity contribution in [2.24, 2.45) is 5.41 Å². The Morgan fingerprint density at radius 1 is 1.39 bits per heavy atom. The van der Waals surface area contributed by atoms with E-state index in [-0.39, 0.29) is 0 Å². The zero-order chi connectivity index (χ0) is 13.0. The average molecular weight is 252 g/mol. The van der Waals surface area contributed by atoms with Crippen LogP contribution in [0.15, 0.2) is 18.2 Å². The van der Waals surface area contributed by atoms with Crippen molar-refractivity contribution in [2.75, 3.05) is 26.3 Å². The summed E-state index contributed by atoms with van der Waals surface area (Å²) in [6.07, 6.45) is 0.467. The molecule has 18 heavy (non-hydrogen) atoms. The van der Waals surface area contributed by atoms with Crippen molar-refractivity contribution >= 4 is 0 Å². The maximum absolute atomic E-state index is 13.3. The molecule has 0 saturated carbocycles. The summed E-state index contributed by atoms with van der Waals surface area (Å²) in [5.74, 6) is -1.10. The number of halogens is 2. The first-order chi connectivity index (χ1) is 8.65. The number of nitriles is 1. The lowest BCUT2D eigenvalue weighted by atomic mass is 9.88. The van der Waals surface area contributed by atoms with Gasteiger partial charge in [-0.1, -0.05) is 6.07 Å². The van der Waals surface area contributed by atoms with Gasteiger partial charge in [0.2, 0.25) is 0 Å². The summed E-state index contributed by atoms with van der Waals surface area (Å²) in [6.45, 7) is 1.97. The number of hydrogen-bond donors (Lipinski definition) is 1. The Bertz CT molecular complexity index is 467. The summed E-state index contributed by atoms with van der Waals surface area (Å²) in [6, 6.07) is 5.79. The Kier molecular flexibility index (Phi) is 3.90. The molecule has 1 saturated heterocycles. The summed E-state index contributed by atoms with van der Waals surface area (Å²) in [5.41, 5.74) is 0.0428. The van der Waals surface area contributed by atoms with Crippen LogP contribution in [-0.2, 0) is 11.2 Å². The minimum Gasteiger partial charge on any atom is -0.378 e. The Balaban J connectivity index is 1.77. The monoisotopic (exact) mass is 252 g/mol. The van der Waals surface area contributed by atoms with Gasteiger partial charge >= 0.3 is 0 Å². The van der Waals surface area contributed by atoms with Crippen LogP contribution >= 0.6 is 0 Å². The van der Waals surface area contributed by atoms with Gasteiger partial charge in [0.05, 0.1) is 19.3 Å². The van der Waals surface area contributed by atoms with Crippen molar-refractivity contribution < 1.29 is 13.5 Å². The molecule has 0 bridgehead atoms. The number of hydrogen-bond acceptors (Lipinski definition) is 3. The number of nitrogens with one attached hydrogen (secondary N) is 1. The fourth-order valence-corrected chi connectivity index (χ4v) is 1.83. The Morgan fingerprint density at radius 3 is 2.72 bits per heavy atom. The lowest BCUT2D eigenvalue weighted by molar-refractivity contribution is -0.0752. The molecule has 0 atom stereocenters. The maximum Gasteiger partial charge on any atom is 0.129 e. The standard InChI is InChI=1S/C13H14F2N2O/c14-11-2-1-10(12(15)5-11)3-4-17-7-13(6-16)8-18-9-13/h1-2,5,17H,3-4,7-9H2. The minimum atomic E-state index is -0.570. The van der Waals surface area contributed by atoms with Crippen LogP contribution in [0.5, 0.6) is 0 Å². The van der Waals surface area contributed by atoms with Crippen molar-refractivity contribution in [3.05, 3.63) is 35.4 Å². The first-order valence-electron chi connectivity index (χ1n) is 5.79. The van der Waals surface area contributed by atoms with Gasteiger partial charge in [-0.2, -0.15) is 5.26 Å². The molecule has 0 aromatic heterocycles. The summed E-state index contributed by atoms with van der Waals surface area (Å²) in [4.78, 5) is 0. The largest absolute Gasteiger partial charge is 0.378 e. The third-order valence-electron chi connectivity index (χ3n) is 3.04. The predicted octanol–water partition coefficient (Wildman–Crippen LogP) is 1.64. The molecule has 5 heteroatoms. The molecule has 1 aromatic carbocycles. The van der Waals surface area contributed by atoms with Crippen LogP contribution in [0.2, 0.25) is 0 Å². The average Bonchev–Trinajstić information content (AvgIpc) is 2.29. The highest BCUT2D eigenvalue weighted by molar-refractivity contribution is 5.18. The van der Waals surface area contributed by atoms with Crippen molar-refractivity contribution in [3.63, 3.8) is 0 Å². The number of benzene rings is 1. The lowest BCUT2D eigenvalue weighted by Crippen LogP contribution is -2.48. The summed E-state index contributed by atoms with van der Waals surface area (Å²) >= 11 is 0.